The lowest BCUT2D eigenvalue weighted by atomic mass is 9.97. The second kappa shape index (κ2) is 9.71. The molecule has 0 aromatic carbocycles. The topological polar surface area (TPSA) is 32.3 Å². The van der Waals surface area contributed by atoms with E-state index in [1.807, 2.05) is 14.0 Å². The summed E-state index contributed by atoms with van der Waals surface area (Å²) in [6.07, 6.45) is 0.619. The first-order valence-electron chi connectivity index (χ1n) is 3.98. The molecule has 0 rings (SSSR count). The first-order valence-corrected chi connectivity index (χ1v) is 3.98. The molecule has 0 fully saturated rings. The van der Waals surface area contributed by atoms with Gasteiger partial charge in [-0.15, -0.1) is 0 Å². The van der Waals surface area contributed by atoms with Gasteiger partial charge in [0.05, 0.1) is 6.10 Å². The number of likely N-dealkylation sites (N-methyl/N-ethyl adjacent to an activating group) is 1. The van der Waals surface area contributed by atoms with Crippen LogP contribution >= 0.6 is 27.0 Å². The largest absolute Gasteiger partial charge is 0.392 e. The van der Waals surface area contributed by atoms with Gasteiger partial charge >= 0.3 is 0 Å². The van der Waals surface area contributed by atoms with Gasteiger partial charge in [0.15, 0.2) is 0 Å². The lowest BCUT2D eigenvalue weighted by Crippen LogP contribution is -2.41. The van der Waals surface area contributed by atoms with Crippen molar-refractivity contribution in [2.24, 2.45) is 5.92 Å². The first-order chi connectivity index (χ1) is 4.63. The zero-order chi connectivity index (χ0) is 8.15. The van der Waals surface area contributed by atoms with Gasteiger partial charge in [0.2, 0.25) is 0 Å². The van der Waals surface area contributed by atoms with E-state index in [0.29, 0.717) is 5.92 Å². The van der Waals surface area contributed by atoms with Crippen LogP contribution in [0.5, 0.6) is 0 Å². The van der Waals surface area contributed by atoms with Gasteiger partial charge in [0.25, 0.3) is 0 Å². The van der Waals surface area contributed by atoms with Crippen molar-refractivity contribution in [3.63, 3.8) is 0 Å². The predicted octanol–water partition coefficient (Wildman–Crippen LogP) is 1.23. The zero-order valence-electron chi connectivity index (χ0n) is 8.39. The Labute approximate surface area is 90.0 Å². The Balaban J connectivity index is -0.000000405. The Morgan fingerprint density at radius 2 is 1.67 bits per heavy atom. The molecule has 0 amide bonds. The molecule has 12 heavy (non-hydrogen) atoms. The molecular weight excluding hydrogens is 190 g/mol. The molecule has 0 unspecified atom stereocenters. The number of nitrogens with one attached hydrogen (secondary N) is 1. The smallest absolute Gasteiger partial charge is 0.0692 e. The highest BCUT2D eigenvalue weighted by Crippen LogP contribution is 2.07. The van der Waals surface area contributed by atoms with Gasteiger partial charge < -0.3 is 10.4 Å². The molecule has 0 aliphatic rings. The van der Waals surface area contributed by atoms with Crippen LogP contribution in [0.2, 0.25) is 0 Å². The molecule has 0 heterocycles. The molecule has 0 saturated heterocycles. The van der Waals surface area contributed by atoms with Gasteiger partial charge in [0.1, 0.15) is 0 Å². The van der Waals surface area contributed by atoms with Crippen LogP contribution in [-0.2, 0) is 0 Å². The highest BCUT2D eigenvalue weighted by atomic mass is 32.1. The summed E-state index contributed by atoms with van der Waals surface area (Å²) >= 11 is 0. The maximum Gasteiger partial charge on any atom is 0.0692 e. The Morgan fingerprint density at radius 1 is 1.25 bits per heavy atom. The summed E-state index contributed by atoms with van der Waals surface area (Å²) in [6, 6.07) is 0.241. The summed E-state index contributed by atoms with van der Waals surface area (Å²) in [7, 11) is 1.89. The molecule has 2 nitrogen and oxygen atoms in total. The van der Waals surface area contributed by atoms with E-state index in [1.54, 1.807) is 0 Å². The highest BCUT2D eigenvalue weighted by Gasteiger charge is 2.18. The van der Waals surface area contributed by atoms with E-state index in [0.717, 1.165) is 6.42 Å². The Bertz CT molecular complexity index is 91.1. The highest BCUT2D eigenvalue weighted by molar-refractivity contribution is 7.59. The van der Waals surface area contributed by atoms with Crippen LogP contribution in [0.25, 0.3) is 0 Å². The van der Waals surface area contributed by atoms with E-state index in [2.05, 4.69) is 19.2 Å². The lowest BCUT2D eigenvalue weighted by molar-refractivity contribution is 0.105. The summed E-state index contributed by atoms with van der Waals surface area (Å²) < 4.78 is 0. The van der Waals surface area contributed by atoms with Crippen molar-refractivity contribution in [1.82, 2.24) is 5.32 Å². The minimum Gasteiger partial charge on any atom is -0.392 e. The van der Waals surface area contributed by atoms with E-state index in [1.165, 1.54) is 0 Å². The third-order valence-corrected chi connectivity index (χ3v) is 1.88. The molecule has 2 N–H and O–H groups in total. The van der Waals surface area contributed by atoms with Crippen molar-refractivity contribution < 1.29 is 5.11 Å². The van der Waals surface area contributed by atoms with Gasteiger partial charge in [-0.2, -0.15) is 27.0 Å². The monoisotopic (exact) mass is 213 g/mol. The molecular formula is C8H23NOS2. The van der Waals surface area contributed by atoms with Crippen LogP contribution < -0.4 is 5.32 Å². The van der Waals surface area contributed by atoms with Gasteiger partial charge in [0, 0.05) is 6.04 Å². The number of aliphatic hydroxyl groups excluding tert-OH is 1. The fourth-order valence-electron chi connectivity index (χ4n) is 1.22. The predicted molar refractivity (Wildman–Crippen MR) is 64.7 cm³/mol. The van der Waals surface area contributed by atoms with Crippen LogP contribution in [0.4, 0.5) is 0 Å². The molecule has 0 aliphatic heterocycles. The standard InChI is InChI=1S/C8H19NO.2H2S/c1-5-7(10)8(9-4)6(2)3;;/h6-10H,5H2,1-4H3;2*1H2/t7-,8+;;/m1../s1. The second-order valence-corrected chi connectivity index (χ2v) is 3.03. The number of rotatable bonds is 4. The van der Waals surface area contributed by atoms with Crippen molar-refractivity contribution in [1.29, 1.82) is 0 Å². The van der Waals surface area contributed by atoms with E-state index >= 15 is 0 Å². The van der Waals surface area contributed by atoms with Crippen LogP contribution in [-0.4, -0.2) is 24.3 Å². The minimum absolute atomic E-state index is 0. The minimum atomic E-state index is -0.204. The normalized spacial score (nSPS) is 14.5. The summed E-state index contributed by atoms with van der Waals surface area (Å²) in [4.78, 5) is 0. The molecule has 0 spiro atoms. The molecule has 2 atom stereocenters. The molecule has 78 valence electrons. The van der Waals surface area contributed by atoms with E-state index < -0.39 is 0 Å². The number of hydrogen-bond donors (Lipinski definition) is 2. The van der Waals surface area contributed by atoms with E-state index in [4.69, 9.17) is 0 Å². The van der Waals surface area contributed by atoms with Gasteiger partial charge in [-0.1, -0.05) is 20.8 Å². The van der Waals surface area contributed by atoms with Crippen LogP contribution in [0.1, 0.15) is 27.2 Å². The quantitative estimate of drug-likeness (QED) is 0.736. The Hall–Kier alpha value is 0.620. The molecule has 4 heteroatoms. The Morgan fingerprint density at radius 3 is 1.75 bits per heavy atom. The van der Waals surface area contributed by atoms with Crippen molar-refractivity contribution in [2.75, 3.05) is 7.05 Å². The third-order valence-electron chi connectivity index (χ3n) is 1.88. The van der Waals surface area contributed by atoms with E-state index in [-0.39, 0.29) is 39.1 Å². The molecule has 0 aromatic heterocycles. The maximum absolute atomic E-state index is 9.43. The SMILES string of the molecule is CC[C@@H](O)[C@@H](NC)C(C)C.S.S. The van der Waals surface area contributed by atoms with Crippen LogP contribution in [0.3, 0.4) is 0 Å². The van der Waals surface area contributed by atoms with Crippen molar-refractivity contribution in [2.45, 2.75) is 39.3 Å². The zero-order valence-corrected chi connectivity index (χ0v) is 10.4. The van der Waals surface area contributed by atoms with Crippen LogP contribution in [0, 0.1) is 5.92 Å². The molecule has 0 aromatic rings. The van der Waals surface area contributed by atoms with Crippen molar-refractivity contribution in [3.8, 4) is 0 Å². The average molecular weight is 213 g/mol. The summed E-state index contributed by atoms with van der Waals surface area (Å²) in [5.41, 5.74) is 0. The number of aliphatic hydroxyl groups is 1. The number of hydrogen-bond acceptors (Lipinski definition) is 2. The Kier molecular flexibility index (Phi) is 14.9. The molecule has 0 aliphatic carbocycles. The van der Waals surface area contributed by atoms with Gasteiger partial charge in [-0.3, -0.25) is 0 Å². The summed E-state index contributed by atoms with van der Waals surface area (Å²) in [5.74, 6) is 0.500. The molecule has 0 saturated carbocycles. The van der Waals surface area contributed by atoms with E-state index in [9.17, 15) is 5.11 Å². The van der Waals surface area contributed by atoms with Gasteiger partial charge in [-0.05, 0) is 19.4 Å². The summed E-state index contributed by atoms with van der Waals surface area (Å²) in [5, 5.41) is 12.5. The average Bonchev–Trinajstić information content (AvgIpc) is 1.88. The third kappa shape index (κ3) is 6.17. The fourth-order valence-corrected chi connectivity index (χ4v) is 1.22. The fraction of sp³-hybridized carbons (Fsp3) is 1.00. The van der Waals surface area contributed by atoms with Crippen LogP contribution in [0.15, 0.2) is 0 Å². The van der Waals surface area contributed by atoms with Crippen molar-refractivity contribution in [3.05, 3.63) is 0 Å². The lowest BCUT2D eigenvalue weighted by Gasteiger charge is -2.24. The van der Waals surface area contributed by atoms with Gasteiger partial charge in [-0.25, -0.2) is 0 Å². The second-order valence-electron chi connectivity index (χ2n) is 3.03. The molecule has 0 bridgehead atoms. The summed E-state index contributed by atoms with van der Waals surface area (Å²) in [6.45, 7) is 6.22. The van der Waals surface area contributed by atoms with Crippen molar-refractivity contribution >= 4 is 27.0 Å². The molecule has 0 radical (unpaired) electrons. The maximum atomic E-state index is 9.43. The first kappa shape index (κ1) is 18.4.